The van der Waals surface area contributed by atoms with Crippen molar-refractivity contribution >= 4 is 5.97 Å². The highest BCUT2D eigenvalue weighted by Gasteiger charge is 2.30. The van der Waals surface area contributed by atoms with Crippen LogP contribution in [0, 0.1) is 0 Å². The number of carbonyl (C=O) groups excluding carboxylic acids is 1. The molecular weight excluding hydrogens is 201 g/mol. The fraction of sp³-hybridized carbons (Fsp3) is 0.429. The summed E-state index contributed by atoms with van der Waals surface area (Å²) in [6.45, 7) is -1.30. The van der Waals surface area contributed by atoms with Crippen LogP contribution in [0.4, 0.5) is 13.2 Å². The highest BCUT2D eigenvalue weighted by atomic mass is 19.4. The predicted octanol–water partition coefficient (Wildman–Crippen LogP) is 1.23. The van der Waals surface area contributed by atoms with Crippen LogP contribution in [0.15, 0.2) is 12.3 Å². The van der Waals surface area contributed by atoms with Crippen LogP contribution in [0.1, 0.15) is 10.5 Å². The van der Waals surface area contributed by atoms with Crippen molar-refractivity contribution in [2.75, 3.05) is 7.11 Å². The molecule has 0 N–H and O–H groups in total. The summed E-state index contributed by atoms with van der Waals surface area (Å²) in [5, 5.41) is 3.37. The van der Waals surface area contributed by atoms with Gasteiger partial charge in [0.15, 0.2) is 0 Å². The number of alkyl halides is 3. The lowest BCUT2D eigenvalue weighted by atomic mass is 10.4. The molecule has 0 saturated carbocycles. The van der Waals surface area contributed by atoms with Crippen molar-refractivity contribution in [1.29, 1.82) is 0 Å². The topological polar surface area (TPSA) is 44.1 Å². The molecule has 1 rings (SSSR count). The maximum Gasteiger partial charge on any atom is 0.408 e. The Balaban J connectivity index is 2.88. The van der Waals surface area contributed by atoms with Gasteiger partial charge in [-0.05, 0) is 6.07 Å². The predicted molar refractivity (Wildman–Crippen MR) is 39.6 cm³/mol. The van der Waals surface area contributed by atoms with Crippen molar-refractivity contribution in [2.24, 2.45) is 0 Å². The molecule has 0 aliphatic heterocycles. The highest BCUT2D eigenvalue weighted by Crippen LogP contribution is 2.18. The van der Waals surface area contributed by atoms with Crippen LogP contribution < -0.4 is 0 Å². The fourth-order valence-corrected chi connectivity index (χ4v) is 0.906. The van der Waals surface area contributed by atoms with Gasteiger partial charge in [0.1, 0.15) is 12.2 Å². The smallest absolute Gasteiger partial charge is 0.408 e. The Morgan fingerprint density at radius 3 is 2.79 bits per heavy atom. The lowest BCUT2D eigenvalue weighted by molar-refractivity contribution is -0.142. The Morgan fingerprint density at radius 2 is 2.29 bits per heavy atom. The van der Waals surface area contributed by atoms with Crippen molar-refractivity contribution in [1.82, 2.24) is 9.78 Å². The average Bonchev–Trinajstić information content (AvgIpc) is 2.48. The zero-order valence-corrected chi connectivity index (χ0v) is 7.21. The average molecular weight is 208 g/mol. The van der Waals surface area contributed by atoms with Crippen molar-refractivity contribution in [3.05, 3.63) is 18.0 Å². The van der Waals surface area contributed by atoms with Crippen LogP contribution in [0.2, 0.25) is 0 Å². The Hall–Kier alpha value is -1.53. The van der Waals surface area contributed by atoms with E-state index in [0.29, 0.717) is 4.68 Å². The van der Waals surface area contributed by atoms with E-state index in [2.05, 4.69) is 9.84 Å². The molecule has 0 amide bonds. The molecule has 0 fully saturated rings. The number of methoxy groups -OCH3 is 1. The summed E-state index contributed by atoms with van der Waals surface area (Å²) >= 11 is 0. The molecule has 0 atom stereocenters. The molecule has 0 unspecified atom stereocenters. The van der Waals surface area contributed by atoms with Crippen LogP contribution in [-0.4, -0.2) is 29.0 Å². The SMILES string of the molecule is COC(=O)c1ccnn1CC(F)(F)F. The second kappa shape index (κ2) is 3.69. The van der Waals surface area contributed by atoms with E-state index in [1.54, 1.807) is 0 Å². The van der Waals surface area contributed by atoms with Gasteiger partial charge in [-0.2, -0.15) is 18.3 Å². The molecule has 1 aromatic rings. The molecule has 4 nitrogen and oxygen atoms in total. The van der Waals surface area contributed by atoms with Gasteiger partial charge < -0.3 is 4.74 Å². The number of rotatable bonds is 2. The van der Waals surface area contributed by atoms with Gasteiger partial charge in [0.25, 0.3) is 0 Å². The Labute approximate surface area is 77.3 Å². The minimum Gasteiger partial charge on any atom is -0.464 e. The zero-order valence-electron chi connectivity index (χ0n) is 7.21. The van der Waals surface area contributed by atoms with Gasteiger partial charge >= 0.3 is 12.1 Å². The minimum atomic E-state index is -4.41. The van der Waals surface area contributed by atoms with Crippen LogP contribution in [0.5, 0.6) is 0 Å². The summed E-state index contributed by atoms with van der Waals surface area (Å²) < 4.78 is 40.7. The summed E-state index contributed by atoms with van der Waals surface area (Å²) in [6.07, 6.45) is -3.30. The summed E-state index contributed by atoms with van der Waals surface area (Å²) in [7, 11) is 1.09. The molecular formula is C7H7F3N2O2. The van der Waals surface area contributed by atoms with Gasteiger partial charge in [-0.1, -0.05) is 0 Å². The maximum absolute atomic E-state index is 12.0. The van der Waals surface area contributed by atoms with Gasteiger partial charge in [-0.25, -0.2) is 9.48 Å². The molecule has 78 valence electrons. The van der Waals surface area contributed by atoms with E-state index in [1.807, 2.05) is 0 Å². The minimum absolute atomic E-state index is 0.218. The third-order valence-corrected chi connectivity index (χ3v) is 1.44. The Bertz CT molecular complexity index is 332. The molecule has 0 saturated heterocycles. The zero-order chi connectivity index (χ0) is 10.8. The quantitative estimate of drug-likeness (QED) is 0.686. The van der Waals surface area contributed by atoms with E-state index in [4.69, 9.17) is 0 Å². The maximum atomic E-state index is 12.0. The largest absolute Gasteiger partial charge is 0.464 e. The van der Waals surface area contributed by atoms with Gasteiger partial charge in [0.2, 0.25) is 0 Å². The van der Waals surface area contributed by atoms with E-state index in [1.165, 1.54) is 0 Å². The van der Waals surface area contributed by atoms with E-state index < -0.39 is 18.7 Å². The molecule has 7 heteroatoms. The molecule has 0 aromatic carbocycles. The second-order valence-electron chi connectivity index (χ2n) is 2.48. The van der Waals surface area contributed by atoms with Crippen molar-refractivity contribution in [2.45, 2.75) is 12.7 Å². The van der Waals surface area contributed by atoms with Gasteiger partial charge in [-0.15, -0.1) is 0 Å². The molecule has 0 spiro atoms. The second-order valence-corrected chi connectivity index (χ2v) is 2.48. The molecule has 1 heterocycles. The van der Waals surface area contributed by atoms with Gasteiger partial charge in [-0.3, -0.25) is 0 Å². The summed E-state index contributed by atoms with van der Waals surface area (Å²) in [5.74, 6) is -0.841. The fourth-order valence-electron chi connectivity index (χ4n) is 0.906. The molecule has 14 heavy (non-hydrogen) atoms. The first-order chi connectivity index (χ1) is 6.44. The van der Waals surface area contributed by atoms with Crippen LogP contribution in [0.25, 0.3) is 0 Å². The van der Waals surface area contributed by atoms with Crippen molar-refractivity contribution in [3.63, 3.8) is 0 Å². The summed E-state index contributed by atoms with van der Waals surface area (Å²) in [5.41, 5.74) is -0.218. The molecule has 0 radical (unpaired) electrons. The molecule has 0 aliphatic carbocycles. The normalized spacial score (nSPS) is 11.4. The number of aromatic nitrogens is 2. The standard InChI is InChI=1S/C7H7F3N2O2/c1-14-6(13)5-2-3-11-12(5)4-7(8,9)10/h2-3H,4H2,1H3. The van der Waals surface area contributed by atoms with Gasteiger partial charge in [0.05, 0.1) is 7.11 Å². The first-order valence-corrected chi connectivity index (χ1v) is 3.61. The monoisotopic (exact) mass is 208 g/mol. The first-order valence-electron chi connectivity index (χ1n) is 3.61. The number of halogens is 3. The third kappa shape index (κ3) is 2.48. The Kier molecular flexibility index (Phi) is 2.78. The van der Waals surface area contributed by atoms with Crippen LogP contribution >= 0.6 is 0 Å². The van der Waals surface area contributed by atoms with Crippen molar-refractivity contribution in [3.8, 4) is 0 Å². The lowest BCUT2D eigenvalue weighted by Gasteiger charge is -2.08. The number of esters is 1. The van der Waals surface area contributed by atoms with E-state index in [9.17, 15) is 18.0 Å². The van der Waals surface area contributed by atoms with Gasteiger partial charge in [0, 0.05) is 6.20 Å². The third-order valence-electron chi connectivity index (χ3n) is 1.44. The number of carbonyl (C=O) groups is 1. The van der Waals surface area contributed by atoms with Crippen molar-refractivity contribution < 1.29 is 22.7 Å². The number of hydrogen-bond donors (Lipinski definition) is 0. The summed E-state index contributed by atoms with van der Waals surface area (Å²) in [4.78, 5) is 10.9. The lowest BCUT2D eigenvalue weighted by Crippen LogP contribution is -2.22. The van der Waals surface area contributed by atoms with E-state index >= 15 is 0 Å². The summed E-state index contributed by atoms with van der Waals surface area (Å²) in [6, 6.07) is 1.16. The van der Waals surface area contributed by atoms with E-state index in [0.717, 1.165) is 19.4 Å². The Morgan fingerprint density at radius 1 is 1.64 bits per heavy atom. The van der Waals surface area contributed by atoms with E-state index in [-0.39, 0.29) is 5.69 Å². The number of nitrogens with zero attached hydrogens (tertiary/aromatic N) is 2. The first kappa shape index (κ1) is 10.6. The number of hydrogen-bond acceptors (Lipinski definition) is 3. The van der Waals surface area contributed by atoms with Crippen LogP contribution in [-0.2, 0) is 11.3 Å². The molecule has 0 aliphatic rings. The molecule has 0 bridgehead atoms. The highest BCUT2D eigenvalue weighted by molar-refractivity contribution is 5.87. The van der Waals surface area contributed by atoms with Crippen LogP contribution in [0.3, 0.4) is 0 Å². The molecule has 1 aromatic heterocycles. The number of ether oxygens (including phenoxy) is 1.